The second-order valence-corrected chi connectivity index (χ2v) is 3.48. The summed E-state index contributed by atoms with van der Waals surface area (Å²) in [4.78, 5) is 0. The molecule has 0 rings (SSSR count). The van der Waals surface area contributed by atoms with E-state index in [9.17, 15) is 0 Å². The van der Waals surface area contributed by atoms with Crippen LogP contribution in [0.3, 0.4) is 0 Å². The SMILES string of the molecule is CCCOCCCNC(CC)COC. The molecule has 1 N–H and O–H groups in total. The van der Waals surface area contributed by atoms with E-state index in [1.54, 1.807) is 7.11 Å². The lowest BCUT2D eigenvalue weighted by Gasteiger charge is -2.15. The van der Waals surface area contributed by atoms with Gasteiger partial charge in [0.1, 0.15) is 0 Å². The quantitative estimate of drug-likeness (QED) is 0.549. The van der Waals surface area contributed by atoms with Crippen molar-refractivity contribution in [2.45, 2.75) is 39.2 Å². The first-order valence-electron chi connectivity index (χ1n) is 5.65. The molecule has 0 aliphatic rings. The molecule has 1 unspecified atom stereocenters. The van der Waals surface area contributed by atoms with E-state index in [-0.39, 0.29) is 0 Å². The van der Waals surface area contributed by atoms with Crippen LogP contribution in [0.15, 0.2) is 0 Å². The normalized spacial score (nSPS) is 13.1. The minimum absolute atomic E-state index is 0.492. The number of hydrogen-bond acceptors (Lipinski definition) is 3. The molecule has 0 aliphatic heterocycles. The van der Waals surface area contributed by atoms with E-state index in [0.29, 0.717) is 6.04 Å². The Morgan fingerprint density at radius 3 is 2.57 bits per heavy atom. The molecule has 0 amide bonds. The standard InChI is InChI=1S/C11H25NO2/c1-4-8-14-9-6-7-12-11(5-2)10-13-3/h11-12H,4-10H2,1-3H3. The highest BCUT2D eigenvalue weighted by Gasteiger charge is 2.02. The van der Waals surface area contributed by atoms with Crippen LogP contribution >= 0.6 is 0 Å². The van der Waals surface area contributed by atoms with Gasteiger partial charge in [-0.1, -0.05) is 13.8 Å². The molecular weight excluding hydrogens is 178 g/mol. The Balaban J connectivity index is 3.15. The van der Waals surface area contributed by atoms with Gasteiger partial charge >= 0.3 is 0 Å². The summed E-state index contributed by atoms with van der Waals surface area (Å²) in [6.07, 6.45) is 3.30. The minimum Gasteiger partial charge on any atom is -0.383 e. The third kappa shape index (κ3) is 8.48. The summed E-state index contributed by atoms with van der Waals surface area (Å²) in [7, 11) is 1.74. The molecule has 3 nitrogen and oxygen atoms in total. The topological polar surface area (TPSA) is 30.5 Å². The maximum absolute atomic E-state index is 5.39. The molecule has 0 heterocycles. The summed E-state index contributed by atoms with van der Waals surface area (Å²) in [5.41, 5.74) is 0. The van der Waals surface area contributed by atoms with Crippen LogP contribution < -0.4 is 5.32 Å². The molecule has 0 aromatic rings. The third-order valence-electron chi connectivity index (χ3n) is 2.11. The number of methoxy groups -OCH3 is 1. The van der Waals surface area contributed by atoms with Crippen molar-refractivity contribution in [1.29, 1.82) is 0 Å². The predicted octanol–water partition coefficient (Wildman–Crippen LogP) is 1.82. The van der Waals surface area contributed by atoms with Gasteiger partial charge in [0, 0.05) is 26.4 Å². The molecule has 1 atom stereocenters. The Morgan fingerprint density at radius 1 is 1.21 bits per heavy atom. The Bertz CT molecular complexity index is 109. The van der Waals surface area contributed by atoms with Gasteiger partial charge in [0.2, 0.25) is 0 Å². The second-order valence-electron chi connectivity index (χ2n) is 3.48. The number of ether oxygens (including phenoxy) is 2. The molecule has 3 heteroatoms. The smallest absolute Gasteiger partial charge is 0.0615 e. The van der Waals surface area contributed by atoms with Crippen molar-refractivity contribution in [1.82, 2.24) is 5.32 Å². The Labute approximate surface area is 88.2 Å². The molecule has 0 bridgehead atoms. The van der Waals surface area contributed by atoms with E-state index in [1.807, 2.05) is 0 Å². The van der Waals surface area contributed by atoms with Crippen molar-refractivity contribution in [3.05, 3.63) is 0 Å². The van der Waals surface area contributed by atoms with Gasteiger partial charge in [0.25, 0.3) is 0 Å². The number of hydrogen-bond donors (Lipinski definition) is 1. The fraction of sp³-hybridized carbons (Fsp3) is 1.00. The highest BCUT2D eigenvalue weighted by molar-refractivity contribution is 4.62. The summed E-state index contributed by atoms with van der Waals surface area (Å²) in [5.74, 6) is 0. The molecule has 0 aromatic heterocycles. The first kappa shape index (κ1) is 13.9. The first-order chi connectivity index (χ1) is 6.85. The molecule has 0 saturated heterocycles. The average molecular weight is 203 g/mol. The van der Waals surface area contributed by atoms with Gasteiger partial charge in [-0.3, -0.25) is 0 Å². The average Bonchev–Trinajstić information content (AvgIpc) is 2.21. The lowest BCUT2D eigenvalue weighted by molar-refractivity contribution is 0.128. The van der Waals surface area contributed by atoms with Crippen LogP contribution in [0.1, 0.15) is 33.1 Å². The molecular formula is C11H25NO2. The second kappa shape index (κ2) is 11.0. The number of nitrogens with one attached hydrogen (secondary N) is 1. The van der Waals surface area contributed by atoms with E-state index >= 15 is 0 Å². The number of rotatable bonds is 10. The summed E-state index contributed by atoms with van der Waals surface area (Å²) < 4.78 is 10.5. The van der Waals surface area contributed by atoms with Crippen LogP contribution in [-0.4, -0.2) is 39.5 Å². The maximum atomic E-state index is 5.39. The van der Waals surface area contributed by atoms with Crippen molar-refractivity contribution in [2.24, 2.45) is 0 Å². The Kier molecular flexibility index (Phi) is 10.9. The van der Waals surface area contributed by atoms with Crippen molar-refractivity contribution in [2.75, 3.05) is 33.5 Å². The largest absolute Gasteiger partial charge is 0.383 e. The summed E-state index contributed by atoms with van der Waals surface area (Å²) in [5, 5.41) is 3.44. The molecule has 0 fully saturated rings. The van der Waals surface area contributed by atoms with Crippen molar-refractivity contribution >= 4 is 0 Å². The Morgan fingerprint density at radius 2 is 2.00 bits per heavy atom. The fourth-order valence-corrected chi connectivity index (χ4v) is 1.25. The summed E-state index contributed by atoms with van der Waals surface area (Å²) in [6, 6.07) is 0.492. The van der Waals surface area contributed by atoms with E-state index < -0.39 is 0 Å². The zero-order valence-corrected chi connectivity index (χ0v) is 9.84. The van der Waals surface area contributed by atoms with Gasteiger partial charge < -0.3 is 14.8 Å². The van der Waals surface area contributed by atoms with Crippen LogP contribution in [0.5, 0.6) is 0 Å². The van der Waals surface area contributed by atoms with Crippen molar-refractivity contribution in [3.63, 3.8) is 0 Å². The third-order valence-corrected chi connectivity index (χ3v) is 2.11. The van der Waals surface area contributed by atoms with Crippen LogP contribution in [0.4, 0.5) is 0 Å². The molecule has 0 saturated carbocycles. The van der Waals surface area contributed by atoms with Gasteiger partial charge in [-0.25, -0.2) is 0 Å². The van der Waals surface area contributed by atoms with E-state index in [0.717, 1.165) is 45.6 Å². The van der Waals surface area contributed by atoms with E-state index in [4.69, 9.17) is 9.47 Å². The Hall–Kier alpha value is -0.120. The highest BCUT2D eigenvalue weighted by Crippen LogP contribution is 1.92. The molecule has 0 aliphatic carbocycles. The van der Waals surface area contributed by atoms with Gasteiger partial charge in [-0.05, 0) is 25.8 Å². The van der Waals surface area contributed by atoms with E-state index in [1.165, 1.54) is 0 Å². The molecule has 86 valence electrons. The van der Waals surface area contributed by atoms with Crippen LogP contribution in [-0.2, 0) is 9.47 Å². The molecule has 0 radical (unpaired) electrons. The molecule has 0 spiro atoms. The molecule has 0 aromatic carbocycles. The minimum atomic E-state index is 0.492. The van der Waals surface area contributed by atoms with Gasteiger partial charge in [-0.15, -0.1) is 0 Å². The summed E-state index contributed by atoms with van der Waals surface area (Å²) >= 11 is 0. The fourth-order valence-electron chi connectivity index (χ4n) is 1.25. The zero-order valence-electron chi connectivity index (χ0n) is 9.84. The highest BCUT2D eigenvalue weighted by atomic mass is 16.5. The van der Waals surface area contributed by atoms with Crippen LogP contribution in [0.2, 0.25) is 0 Å². The van der Waals surface area contributed by atoms with Gasteiger partial charge in [-0.2, -0.15) is 0 Å². The van der Waals surface area contributed by atoms with E-state index in [2.05, 4.69) is 19.2 Å². The van der Waals surface area contributed by atoms with Crippen molar-refractivity contribution in [3.8, 4) is 0 Å². The first-order valence-corrected chi connectivity index (χ1v) is 5.65. The van der Waals surface area contributed by atoms with Gasteiger partial charge in [0.15, 0.2) is 0 Å². The molecule has 14 heavy (non-hydrogen) atoms. The predicted molar refractivity (Wildman–Crippen MR) is 59.7 cm³/mol. The monoisotopic (exact) mass is 203 g/mol. The summed E-state index contributed by atoms with van der Waals surface area (Å²) in [6.45, 7) is 7.87. The lowest BCUT2D eigenvalue weighted by atomic mass is 10.2. The lowest BCUT2D eigenvalue weighted by Crippen LogP contribution is -2.33. The van der Waals surface area contributed by atoms with Gasteiger partial charge in [0.05, 0.1) is 6.61 Å². The van der Waals surface area contributed by atoms with Crippen LogP contribution in [0.25, 0.3) is 0 Å². The van der Waals surface area contributed by atoms with Crippen LogP contribution in [0, 0.1) is 0 Å². The maximum Gasteiger partial charge on any atom is 0.0615 e. The van der Waals surface area contributed by atoms with Crippen molar-refractivity contribution < 1.29 is 9.47 Å². The zero-order chi connectivity index (χ0) is 10.6.